The summed E-state index contributed by atoms with van der Waals surface area (Å²) in [4.78, 5) is 22.6. The van der Waals surface area contributed by atoms with E-state index in [4.69, 9.17) is 4.74 Å². The van der Waals surface area contributed by atoms with Gasteiger partial charge in [-0.25, -0.2) is 4.79 Å². The zero-order chi connectivity index (χ0) is 17.7. The van der Waals surface area contributed by atoms with Crippen molar-refractivity contribution in [2.75, 3.05) is 0 Å². The van der Waals surface area contributed by atoms with Crippen LogP contribution in [0.15, 0.2) is 48.5 Å². The second-order valence-corrected chi connectivity index (χ2v) is 6.73. The lowest BCUT2D eigenvalue weighted by molar-refractivity contribution is 0.0508. The highest BCUT2D eigenvalue weighted by Gasteiger charge is 2.18. The molecule has 0 bridgehead atoms. The molecule has 1 atom stereocenters. The van der Waals surface area contributed by atoms with Crippen LogP contribution in [-0.4, -0.2) is 18.0 Å². The molecule has 2 rings (SSSR count). The Morgan fingerprint density at radius 3 is 2.33 bits per heavy atom. The number of amides is 1. The maximum absolute atomic E-state index is 11.9. The molecular formula is C20H23NO3. The van der Waals surface area contributed by atoms with Crippen LogP contribution in [0.5, 0.6) is 0 Å². The molecule has 4 heteroatoms. The zero-order valence-corrected chi connectivity index (χ0v) is 14.5. The minimum atomic E-state index is -0.522. The molecule has 0 fully saturated rings. The summed E-state index contributed by atoms with van der Waals surface area (Å²) in [5, 5.41) is 2.84. The summed E-state index contributed by atoms with van der Waals surface area (Å²) in [5.41, 5.74) is 3.16. The number of hydrogen-bond donors (Lipinski definition) is 1. The molecular weight excluding hydrogens is 302 g/mol. The van der Waals surface area contributed by atoms with Crippen molar-refractivity contribution in [1.82, 2.24) is 5.32 Å². The summed E-state index contributed by atoms with van der Waals surface area (Å²) in [5.74, 6) is 0. The summed E-state index contributed by atoms with van der Waals surface area (Å²) < 4.78 is 5.29. The molecule has 126 valence electrons. The van der Waals surface area contributed by atoms with E-state index in [9.17, 15) is 9.59 Å². The molecule has 2 aromatic carbocycles. The molecule has 1 unspecified atom stereocenters. The van der Waals surface area contributed by atoms with Crippen LogP contribution in [-0.2, 0) is 4.74 Å². The Balaban J connectivity index is 2.14. The number of hydrogen-bond acceptors (Lipinski definition) is 3. The number of carbonyl (C=O) groups excluding carboxylic acids is 2. The highest BCUT2D eigenvalue weighted by Crippen LogP contribution is 2.24. The number of carbonyl (C=O) groups is 2. The molecule has 0 saturated carbocycles. The van der Waals surface area contributed by atoms with E-state index in [1.165, 1.54) is 0 Å². The second-order valence-electron chi connectivity index (χ2n) is 6.73. The van der Waals surface area contributed by atoms with Crippen molar-refractivity contribution < 1.29 is 14.3 Å². The lowest BCUT2D eigenvalue weighted by Crippen LogP contribution is -2.34. The number of ether oxygens (including phenoxy) is 1. The van der Waals surface area contributed by atoms with Crippen molar-refractivity contribution in [2.24, 2.45) is 0 Å². The van der Waals surface area contributed by atoms with E-state index < -0.39 is 11.7 Å². The Hall–Kier alpha value is -2.62. The summed E-state index contributed by atoms with van der Waals surface area (Å²) in [7, 11) is 0. The number of aldehydes is 1. The fraction of sp³-hybridized carbons (Fsp3) is 0.300. The van der Waals surface area contributed by atoms with Gasteiger partial charge in [-0.1, -0.05) is 42.5 Å². The monoisotopic (exact) mass is 325 g/mol. The van der Waals surface area contributed by atoms with E-state index in [2.05, 4.69) is 5.32 Å². The summed E-state index contributed by atoms with van der Waals surface area (Å²) in [6.07, 6.45) is 0.392. The molecule has 1 amide bonds. The first-order valence-electron chi connectivity index (χ1n) is 7.93. The first-order valence-corrected chi connectivity index (χ1v) is 7.93. The van der Waals surface area contributed by atoms with Gasteiger partial charge in [0.25, 0.3) is 0 Å². The third-order valence-electron chi connectivity index (χ3n) is 3.50. The topological polar surface area (TPSA) is 55.4 Å². The number of alkyl carbamates (subject to hydrolysis) is 1. The molecule has 0 aliphatic carbocycles. The van der Waals surface area contributed by atoms with Crippen molar-refractivity contribution in [1.29, 1.82) is 0 Å². The van der Waals surface area contributed by atoms with Crippen LogP contribution in [0.3, 0.4) is 0 Å². The standard InChI is InChI=1S/C20H23NO3/c1-14(21-19(23)24-20(2,3)4)17-6-5-7-18(12-17)16-10-8-15(13-22)9-11-16/h5-14H,1-4H3,(H,21,23). The van der Waals surface area contributed by atoms with Crippen LogP contribution < -0.4 is 5.32 Å². The van der Waals surface area contributed by atoms with E-state index in [1.54, 1.807) is 12.1 Å². The summed E-state index contributed by atoms with van der Waals surface area (Å²) in [6, 6.07) is 15.2. The SMILES string of the molecule is CC(NC(=O)OC(C)(C)C)c1cccc(-c2ccc(C=O)cc2)c1. The molecule has 0 aliphatic rings. The maximum atomic E-state index is 11.9. The van der Waals surface area contributed by atoms with Gasteiger partial charge in [0.15, 0.2) is 0 Å². The molecule has 0 aromatic heterocycles. The Morgan fingerprint density at radius 1 is 1.08 bits per heavy atom. The Labute approximate surface area is 142 Å². The third-order valence-corrected chi connectivity index (χ3v) is 3.50. The summed E-state index contributed by atoms with van der Waals surface area (Å²) >= 11 is 0. The highest BCUT2D eigenvalue weighted by molar-refractivity contribution is 5.77. The van der Waals surface area contributed by atoms with Gasteiger partial charge >= 0.3 is 6.09 Å². The molecule has 0 spiro atoms. The van der Waals surface area contributed by atoms with Crippen LogP contribution in [0.4, 0.5) is 4.79 Å². The van der Waals surface area contributed by atoms with Gasteiger partial charge in [0.05, 0.1) is 6.04 Å². The fourth-order valence-corrected chi connectivity index (χ4v) is 2.31. The second kappa shape index (κ2) is 7.30. The molecule has 24 heavy (non-hydrogen) atoms. The third kappa shape index (κ3) is 4.95. The molecule has 0 aliphatic heterocycles. The fourth-order valence-electron chi connectivity index (χ4n) is 2.31. The van der Waals surface area contributed by atoms with Gasteiger partial charge in [-0.15, -0.1) is 0 Å². The van der Waals surface area contributed by atoms with Crippen LogP contribution in [0, 0.1) is 0 Å². The molecule has 1 N–H and O–H groups in total. The van der Waals surface area contributed by atoms with Crippen molar-refractivity contribution in [3.8, 4) is 11.1 Å². The predicted octanol–water partition coefficient (Wildman–Crippen LogP) is 4.75. The molecule has 0 saturated heterocycles. The van der Waals surface area contributed by atoms with Crippen molar-refractivity contribution >= 4 is 12.4 Å². The quantitative estimate of drug-likeness (QED) is 0.825. The number of nitrogens with one attached hydrogen (secondary N) is 1. The van der Waals surface area contributed by atoms with E-state index >= 15 is 0 Å². The Bertz CT molecular complexity index is 714. The Morgan fingerprint density at radius 2 is 1.75 bits per heavy atom. The highest BCUT2D eigenvalue weighted by atomic mass is 16.6. The largest absolute Gasteiger partial charge is 0.444 e. The van der Waals surface area contributed by atoms with Crippen LogP contribution in [0.2, 0.25) is 0 Å². The van der Waals surface area contributed by atoms with Crippen LogP contribution in [0.25, 0.3) is 11.1 Å². The number of benzene rings is 2. The minimum absolute atomic E-state index is 0.172. The van der Waals surface area contributed by atoms with Crippen LogP contribution in [0.1, 0.15) is 49.7 Å². The maximum Gasteiger partial charge on any atom is 0.408 e. The first-order chi connectivity index (χ1) is 11.3. The normalized spacial score (nSPS) is 12.3. The first kappa shape index (κ1) is 17.7. The van der Waals surface area contributed by atoms with Gasteiger partial charge in [-0.3, -0.25) is 4.79 Å². The van der Waals surface area contributed by atoms with E-state index in [0.29, 0.717) is 5.56 Å². The lowest BCUT2D eigenvalue weighted by Gasteiger charge is -2.22. The van der Waals surface area contributed by atoms with Crippen LogP contribution >= 0.6 is 0 Å². The van der Waals surface area contributed by atoms with E-state index in [-0.39, 0.29) is 6.04 Å². The summed E-state index contributed by atoms with van der Waals surface area (Å²) in [6.45, 7) is 7.42. The molecule has 0 radical (unpaired) electrons. The lowest BCUT2D eigenvalue weighted by atomic mass is 9.99. The molecule has 0 heterocycles. The minimum Gasteiger partial charge on any atom is -0.444 e. The average Bonchev–Trinajstić information content (AvgIpc) is 2.53. The van der Waals surface area contributed by atoms with Crippen molar-refractivity contribution in [3.63, 3.8) is 0 Å². The van der Waals surface area contributed by atoms with Crippen molar-refractivity contribution in [3.05, 3.63) is 59.7 Å². The van der Waals surface area contributed by atoms with Gasteiger partial charge in [0, 0.05) is 5.56 Å². The zero-order valence-electron chi connectivity index (χ0n) is 14.5. The van der Waals surface area contributed by atoms with Crippen molar-refractivity contribution in [2.45, 2.75) is 39.3 Å². The molecule has 4 nitrogen and oxygen atoms in total. The van der Waals surface area contributed by atoms with Gasteiger partial charge in [-0.2, -0.15) is 0 Å². The average molecular weight is 325 g/mol. The Kier molecular flexibility index (Phi) is 5.39. The van der Waals surface area contributed by atoms with E-state index in [0.717, 1.165) is 23.0 Å². The van der Waals surface area contributed by atoms with Gasteiger partial charge in [-0.05, 0) is 50.5 Å². The van der Waals surface area contributed by atoms with Gasteiger partial charge in [0.1, 0.15) is 11.9 Å². The van der Waals surface area contributed by atoms with E-state index in [1.807, 2.05) is 64.1 Å². The predicted molar refractivity (Wildman–Crippen MR) is 95.1 cm³/mol. The van der Waals surface area contributed by atoms with Gasteiger partial charge in [0.2, 0.25) is 0 Å². The smallest absolute Gasteiger partial charge is 0.408 e. The molecule has 2 aromatic rings. The number of rotatable bonds is 4. The van der Waals surface area contributed by atoms with Gasteiger partial charge < -0.3 is 10.1 Å².